The number of carbonyl (C=O) groups is 1. The van der Waals surface area contributed by atoms with E-state index in [2.05, 4.69) is 15.2 Å². The van der Waals surface area contributed by atoms with Crippen LogP contribution in [0.2, 0.25) is 0 Å². The topological polar surface area (TPSA) is 79.2 Å². The SMILES string of the molecule is Cc1nnc(SCC(=O)N2CCC([C@H](O)c3ccccn3)CC2)s1. The molecule has 1 atom stereocenters. The fourth-order valence-electron chi connectivity index (χ4n) is 2.81. The Hall–Kier alpha value is -1.51. The van der Waals surface area contributed by atoms with E-state index in [4.69, 9.17) is 0 Å². The monoisotopic (exact) mass is 364 g/mol. The fourth-order valence-corrected chi connectivity index (χ4v) is 4.53. The van der Waals surface area contributed by atoms with Crippen LogP contribution in [-0.4, -0.2) is 49.9 Å². The van der Waals surface area contributed by atoms with E-state index in [0.29, 0.717) is 24.5 Å². The van der Waals surface area contributed by atoms with Crippen LogP contribution in [0, 0.1) is 12.8 Å². The first-order valence-electron chi connectivity index (χ1n) is 7.93. The number of aromatic nitrogens is 3. The zero-order valence-electron chi connectivity index (χ0n) is 13.5. The molecule has 1 N–H and O–H groups in total. The summed E-state index contributed by atoms with van der Waals surface area (Å²) < 4.78 is 0.835. The van der Waals surface area contributed by atoms with E-state index >= 15 is 0 Å². The van der Waals surface area contributed by atoms with Crippen LogP contribution in [-0.2, 0) is 4.79 Å². The molecule has 1 aliphatic rings. The number of amides is 1. The van der Waals surface area contributed by atoms with Crippen LogP contribution < -0.4 is 0 Å². The first-order chi connectivity index (χ1) is 11.6. The molecule has 3 rings (SSSR count). The molecule has 1 fully saturated rings. The summed E-state index contributed by atoms with van der Waals surface area (Å²) in [6.45, 7) is 3.27. The Bertz CT molecular complexity index is 672. The minimum atomic E-state index is -0.554. The van der Waals surface area contributed by atoms with E-state index in [1.807, 2.05) is 30.0 Å². The largest absolute Gasteiger partial charge is 0.387 e. The van der Waals surface area contributed by atoms with Crippen molar-refractivity contribution >= 4 is 29.0 Å². The lowest BCUT2D eigenvalue weighted by molar-refractivity contribution is -0.130. The highest BCUT2D eigenvalue weighted by Gasteiger charge is 2.28. The Balaban J connectivity index is 1.47. The van der Waals surface area contributed by atoms with Crippen molar-refractivity contribution in [3.63, 3.8) is 0 Å². The van der Waals surface area contributed by atoms with Gasteiger partial charge in [0, 0.05) is 19.3 Å². The van der Waals surface area contributed by atoms with Crippen molar-refractivity contribution in [1.82, 2.24) is 20.1 Å². The molecule has 0 bridgehead atoms. The number of aliphatic hydroxyl groups is 1. The molecule has 0 saturated carbocycles. The number of likely N-dealkylation sites (tertiary alicyclic amines) is 1. The van der Waals surface area contributed by atoms with Crippen molar-refractivity contribution in [2.24, 2.45) is 5.92 Å². The molecule has 6 nitrogen and oxygen atoms in total. The highest BCUT2D eigenvalue weighted by molar-refractivity contribution is 8.01. The standard InChI is InChI=1S/C16H20N4O2S2/c1-11-18-19-16(24-11)23-10-14(21)20-8-5-12(6-9-20)15(22)13-4-2-3-7-17-13/h2-4,7,12,15,22H,5-6,8-10H2,1H3/t15-/m0/s1. The molecule has 2 aromatic rings. The molecule has 24 heavy (non-hydrogen) atoms. The quantitative estimate of drug-likeness (QED) is 0.820. The molecule has 0 unspecified atom stereocenters. The number of thioether (sulfide) groups is 1. The predicted octanol–water partition coefficient (Wildman–Crippen LogP) is 2.31. The number of hydrogen-bond donors (Lipinski definition) is 1. The van der Waals surface area contributed by atoms with E-state index in [9.17, 15) is 9.90 Å². The van der Waals surface area contributed by atoms with Crippen molar-refractivity contribution in [2.45, 2.75) is 30.2 Å². The van der Waals surface area contributed by atoms with E-state index < -0.39 is 6.10 Å². The zero-order valence-corrected chi connectivity index (χ0v) is 15.1. The number of hydrogen-bond acceptors (Lipinski definition) is 7. The number of aryl methyl sites for hydroxylation is 1. The second kappa shape index (κ2) is 8.04. The van der Waals surface area contributed by atoms with Crippen LogP contribution in [0.25, 0.3) is 0 Å². The predicted molar refractivity (Wildman–Crippen MR) is 93.9 cm³/mol. The molecule has 8 heteroatoms. The van der Waals surface area contributed by atoms with E-state index in [1.165, 1.54) is 23.1 Å². The van der Waals surface area contributed by atoms with Crippen molar-refractivity contribution in [3.05, 3.63) is 35.1 Å². The van der Waals surface area contributed by atoms with Crippen molar-refractivity contribution in [1.29, 1.82) is 0 Å². The van der Waals surface area contributed by atoms with E-state index in [1.54, 1.807) is 6.20 Å². The first-order valence-corrected chi connectivity index (χ1v) is 9.73. The number of carbonyl (C=O) groups excluding carboxylic acids is 1. The zero-order chi connectivity index (χ0) is 16.9. The van der Waals surface area contributed by atoms with Gasteiger partial charge in [-0.05, 0) is 37.8 Å². The van der Waals surface area contributed by atoms with Gasteiger partial charge in [0.05, 0.1) is 17.6 Å². The molecule has 0 spiro atoms. The van der Waals surface area contributed by atoms with Gasteiger partial charge in [0.1, 0.15) is 5.01 Å². The Kier molecular flexibility index (Phi) is 5.80. The molecule has 2 aromatic heterocycles. The van der Waals surface area contributed by atoms with Gasteiger partial charge in [-0.1, -0.05) is 29.2 Å². The highest BCUT2D eigenvalue weighted by atomic mass is 32.2. The summed E-state index contributed by atoms with van der Waals surface area (Å²) in [5.41, 5.74) is 0.712. The Morgan fingerprint density at radius 1 is 1.42 bits per heavy atom. The maximum atomic E-state index is 12.3. The average molecular weight is 364 g/mol. The van der Waals surface area contributed by atoms with Crippen LogP contribution in [0.15, 0.2) is 28.7 Å². The number of pyridine rings is 1. The second-order valence-corrected chi connectivity index (χ2v) is 8.20. The number of piperidine rings is 1. The third kappa shape index (κ3) is 4.31. The van der Waals surface area contributed by atoms with Crippen LogP contribution in [0.5, 0.6) is 0 Å². The molecular formula is C16H20N4O2S2. The minimum absolute atomic E-state index is 0.124. The van der Waals surface area contributed by atoms with Crippen LogP contribution in [0.4, 0.5) is 0 Å². The summed E-state index contributed by atoms with van der Waals surface area (Å²) >= 11 is 2.95. The summed E-state index contributed by atoms with van der Waals surface area (Å²) in [6.07, 6.45) is 2.74. The number of rotatable bonds is 5. The van der Waals surface area contributed by atoms with Gasteiger partial charge in [-0.3, -0.25) is 9.78 Å². The number of nitrogens with zero attached hydrogens (tertiary/aromatic N) is 4. The first kappa shape index (κ1) is 17.3. The average Bonchev–Trinajstić information content (AvgIpc) is 3.05. The third-order valence-electron chi connectivity index (χ3n) is 4.16. The van der Waals surface area contributed by atoms with Gasteiger partial charge in [0.25, 0.3) is 0 Å². The van der Waals surface area contributed by atoms with E-state index in [-0.39, 0.29) is 11.8 Å². The molecular weight excluding hydrogens is 344 g/mol. The summed E-state index contributed by atoms with van der Waals surface area (Å²) in [7, 11) is 0. The van der Waals surface area contributed by atoms with Crippen LogP contribution >= 0.6 is 23.1 Å². The molecule has 0 aliphatic carbocycles. The highest BCUT2D eigenvalue weighted by Crippen LogP contribution is 2.30. The van der Waals surface area contributed by atoms with Gasteiger partial charge in [0.15, 0.2) is 4.34 Å². The van der Waals surface area contributed by atoms with Gasteiger partial charge < -0.3 is 10.0 Å². The molecule has 3 heterocycles. The Labute approximate surface area is 149 Å². The molecule has 0 aromatic carbocycles. The summed E-state index contributed by atoms with van der Waals surface area (Å²) in [5.74, 6) is 0.670. The summed E-state index contributed by atoms with van der Waals surface area (Å²) in [6, 6.07) is 5.58. The van der Waals surface area contributed by atoms with Crippen LogP contribution in [0.1, 0.15) is 29.6 Å². The van der Waals surface area contributed by atoms with Crippen molar-refractivity contribution in [3.8, 4) is 0 Å². The second-order valence-electron chi connectivity index (χ2n) is 5.79. The maximum Gasteiger partial charge on any atom is 0.233 e. The number of aliphatic hydroxyl groups excluding tert-OH is 1. The van der Waals surface area contributed by atoms with Gasteiger partial charge >= 0.3 is 0 Å². The lowest BCUT2D eigenvalue weighted by Gasteiger charge is -2.34. The van der Waals surface area contributed by atoms with Crippen molar-refractivity contribution < 1.29 is 9.90 Å². The van der Waals surface area contributed by atoms with Crippen molar-refractivity contribution in [2.75, 3.05) is 18.8 Å². The van der Waals surface area contributed by atoms with Gasteiger partial charge in [0.2, 0.25) is 5.91 Å². The molecule has 128 valence electrons. The smallest absolute Gasteiger partial charge is 0.233 e. The summed E-state index contributed by atoms with van der Waals surface area (Å²) in [5, 5.41) is 19.3. The van der Waals surface area contributed by atoms with Gasteiger partial charge in [-0.2, -0.15) is 0 Å². The minimum Gasteiger partial charge on any atom is -0.387 e. The van der Waals surface area contributed by atoms with E-state index in [0.717, 1.165) is 22.2 Å². The third-order valence-corrected chi connectivity index (χ3v) is 6.11. The van der Waals surface area contributed by atoms with Gasteiger partial charge in [-0.25, -0.2) is 0 Å². The summed E-state index contributed by atoms with van der Waals surface area (Å²) in [4.78, 5) is 18.4. The molecule has 0 radical (unpaired) electrons. The molecule has 1 saturated heterocycles. The van der Waals surface area contributed by atoms with Crippen LogP contribution in [0.3, 0.4) is 0 Å². The fraction of sp³-hybridized carbons (Fsp3) is 0.500. The normalized spacial score (nSPS) is 17.0. The lowest BCUT2D eigenvalue weighted by atomic mass is 9.89. The van der Waals surface area contributed by atoms with Gasteiger partial charge in [-0.15, -0.1) is 10.2 Å². The Morgan fingerprint density at radius 3 is 2.83 bits per heavy atom. The Morgan fingerprint density at radius 2 is 2.21 bits per heavy atom. The maximum absolute atomic E-state index is 12.3. The molecule has 1 amide bonds. The molecule has 1 aliphatic heterocycles. The lowest BCUT2D eigenvalue weighted by Crippen LogP contribution is -2.40.